The molecule has 0 spiro atoms. The van der Waals surface area contributed by atoms with Crippen LogP contribution in [0.25, 0.3) is 0 Å². The summed E-state index contributed by atoms with van der Waals surface area (Å²) in [5, 5.41) is 16.2. The van der Waals surface area contributed by atoms with E-state index >= 15 is 0 Å². The van der Waals surface area contributed by atoms with Crippen molar-refractivity contribution in [3.05, 3.63) is 63.6 Å². The molecule has 2 atom stereocenters. The topological polar surface area (TPSA) is 86.6 Å². The first kappa shape index (κ1) is 25.6. The summed E-state index contributed by atoms with van der Waals surface area (Å²) in [7, 11) is 0. The molecule has 3 N–H and O–H groups in total. The van der Waals surface area contributed by atoms with E-state index in [-0.39, 0.29) is 53.6 Å². The summed E-state index contributed by atoms with van der Waals surface area (Å²) in [5.74, 6) is 0.878. The van der Waals surface area contributed by atoms with Gasteiger partial charge in [-0.1, -0.05) is 12.1 Å². The van der Waals surface area contributed by atoms with E-state index in [0.717, 1.165) is 63.2 Å². The Labute approximate surface area is 206 Å². The van der Waals surface area contributed by atoms with E-state index in [1.54, 1.807) is 18.2 Å². The lowest BCUT2D eigenvalue weighted by Gasteiger charge is -2.37. The van der Waals surface area contributed by atoms with Crippen LogP contribution in [0.15, 0.2) is 41.2 Å². The highest BCUT2D eigenvalue weighted by Gasteiger charge is 2.32. The van der Waals surface area contributed by atoms with Gasteiger partial charge in [0.25, 0.3) is 11.5 Å². The average molecular weight is 495 g/mol. The van der Waals surface area contributed by atoms with Crippen LogP contribution >= 0.6 is 24.8 Å². The van der Waals surface area contributed by atoms with E-state index in [4.69, 9.17) is 0 Å². The second-order valence-corrected chi connectivity index (χ2v) is 9.24. The van der Waals surface area contributed by atoms with Crippen LogP contribution in [0, 0.1) is 5.92 Å². The van der Waals surface area contributed by atoms with Gasteiger partial charge in [-0.25, -0.2) is 0 Å². The van der Waals surface area contributed by atoms with Gasteiger partial charge in [-0.2, -0.15) is 0 Å². The number of amides is 1. The fraction of sp³-hybridized carbons (Fsp3) is 0.500. The highest BCUT2D eigenvalue weighted by molar-refractivity contribution is 5.94. The maximum atomic E-state index is 13.1. The predicted molar refractivity (Wildman–Crippen MR) is 133 cm³/mol. The van der Waals surface area contributed by atoms with Crippen LogP contribution in [0.3, 0.4) is 0 Å². The Bertz CT molecular complexity index is 1040. The van der Waals surface area contributed by atoms with E-state index in [2.05, 4.69) is 15.5 Å². The van der Waals surface area contributed by atoms with Crippen molar-refractivity contribution in [3.8, 4) is 5.75 Å². The molecule has 5 rings (SSSR count). The van der Waals surface area contributed by atoms with E-state index in [1.807, 2.05) is 22.8 Å². The number of rotatable bonds is 4. The van der Waals surface area contributed by atoms with Crippen LogP contribution in [0.5, 0.6) is 5.75 Å². The molecule has 2 fully saturated rings. The summed E-state index contributed by atoms with van der Waals surface area (Å²) in [5.41, 5.74) is 2.27. The van der Waals surface area contributed by atoms with Crippen LogP contribution in [-0.2, 0) is 13.1 Å². The summed E-state index contributed by atoms with van der Waals surface area (Å²) in [6.07, 6.45) is 2.83. The normalized spacial score (nSPS) is 22.4. The smallest absolute Gasteiger partial charge is 0.263 e. The minimum absolute atomic E-state index is 0. The molecule has 2 bridgehead atoms. The van der Waals surface area contributed by atoms with Gasteiger partial charge < -0.3 is 20.3 Å². The lowest BCUT2D eigenvalue weighted by Crippen LogP contribution is -2.48. The maximum absolute atomic E-state index is 13.1. The number of aromatic hydroxyl groups is 1. The fourth-order valence-corrected chi connectivity index (χ4v) is 5.38. The van der Waals surface area contributed by atoms with Gasteiger partial charge in [0.05, 0.1) is 0 Å². The number of likely N-dealkylation sites (tertiary alicyclic amines) is 1. The van der Waals surface area contributed by atoms with Crippen molar-refractivity contribution >= 4 is 30.7 Å². The molecule has 1 amide bonds. The number of aromatic nitrogens is 1. The zero-order valence-electron chi connectivity index (χ0n) is 18.5. The van der Waals surface area contributed by atoms with Gasteiger partial charge in [0.1, 0.15) is 11.3 Å². The minimum Gasteiger partial charge on any atom is -0.508 e. The number of phenolic OH excluding ortho intramolecular Hbond substituents is 1. The number of hydrogen-bond donors (Lipinski definition) is 3. The summed E-state index contributed by atoms with van der Waals surface area (Å²) in [6, 6.07) is 11.1. The van der Waals surface area contributed by atoms with Gasteiger partial charge in [0, 0.05) is 50.4 Å². The number of piperidine rings is 2. The quantitative estimate of drug-likeness (QED) is 0.607. The molecule has 1 aromatic heterocycles. The monoisotopic (exact) mass is 494 g/mol. The van der Waals surface area contributed by atoms with Crippen molar-refractivity contribution in [2.24, 2.45) is 5.92 Å². The van der Waals surface area contributed by atoms with Gasteiger partial charge >= 0.3 is 0 Å². The molecule has 1 aromatic carbocycles. The van der Waals surface area contributed by atoms with Gasteiger partial charge in [0.2, 0.25) is 0 Å². The van der Waals surface area contributed by atoms with Crippen molar-refractivity contribution < 1.29 is 9.90 Å². The first-order chi connectivity index (χ1) is 15.1. The van der Waals surface area contributed by atoms with Gasteiger partial charge in [0.15, 0.2) is 0 Å². The Morgan fingerprint density at radius 3 is 2.67 bits per heavy atom. The molecule has 0 radical (unpaired) electrons. The lowest BCUT2D eigenvalue weighted by atomic mass is 9.84. The Balaban J connectivity index is 0.00000153. The third kappa shape index (κ3) is 5.54. The summed E-state index contributed by atoms with van der Waals surface area (Å²) in [6.45, 7) is 5.09. The molecule has 33 heavy (non-hydrogen) atoms. The number of carbonyl (C=O) groups is 1. The molecule has 4 heterocycles. The molecule has 2 aromatic rings. The molecule has 180 valence electrons. The zero-order valence-corrected chi connectivity index (χ0v) is 20.2. The molecular formula is C24H32Cl2N4O3. The van der Waals surface area contributed by atoms with Gasteiger partial charge in [-0.15, -0.1) is 24.8 Å². The molecule has 9 heteroatoms. The molecule has 2 saturated heterocycles. The van der Waals surface area contributed by atoms with Crippen LogP contribution < -0.4 is 16.2 Å². The highest BCUT2D eigenvalue weighted by atomic mass is 35.5. The number of carbonyl (C=O) groups excluding carboxylic acids is 1. The molecule has 3 aliphatic heterocycles. The molecule has 0 aliphatic carbocycles. The van der Waals surface area contributed by atoms with Crippen molar-refractivity contribution in [2.45, 2.75) is 44.3 Å². The molecular weight excluding hydrogens is 463 g/mol. The third-order valence-corrected chi connectivity index (χ3v) is 6.99. The largest absolute Gasteiger partial charge is 0.508 e. The first-order valence-corrected chi connectivity index (χ1v) is 11.3. The summed E-state index contributed by atoms with van der Waals surface area (Å²) >= 11 is 0. The Kier molecular flexibility index (Phi) is 8.45. The van der Waals surface area contributed by atoms with E-state index in [0.29, 0.717) is 18.4 Å². The lowest BCUT2D eigenvalue weighted by molar-refractivity contribution is 0.0906. The number of pyridine rings is 1. The molecule has 0 saturated carbocycles. The number of phenols is 1. The first-order valence-electron chi connectivity index (χ1n) is 11.3. The second kappa shape index (κ2) is 10.9. The molecule has 0 unspecified atom stereocenters. The van der Waals surface area contributed by atoms with Crippen LogP contribution in [0.2, 0.25) is 0 Å². The van der Waals surface area contributed by atoms with Crippen molar-refractivity contribution in [3.63, 3.8) is 0 Å². The number of nitrogens with one attached hydrogen (secondary N) is 2. The Hall–Kier alpha value is -2.06. The van der Waals surface area contributed by atoms with E-state index in [1.165, 1.54) is 0 Å². The van der Waals surface area contributed by atoms with E-state index < -0.39 is 0 Å². The number of hydrogen-bond acceptors (Lipinski definition) is 5. The predicted octanol–water partition coefficient (Wildman–Crippen LogP) is 2.50. The number of benzene rings is 1. The summed E-state index contributed by atoms with van der Waals surface area (Å²) in [4.78, 5) is 28.3. The number of halogens is 2. The summed E-state index contributed by atoms with van der Waals surface area (Å²) < 4.78 is 1.84. The third-order valence-electron chi connectivity index (χ3n) is 6.99. The van der Waals surface area contributed by atoms with Crippen molar-refractivity contribution in [1.29, 1.82) is 0 Å². The molecule has 7 nitrogen and oxygen atoms in total. The minimum atomic E-state index is -0.249. The Morgan fingerprint density at radius 1 is 1.12 bits per heavy atom. The van der Waals surface area contributed by atoms with E-state index in [9.17, 15) is 14.7 Å². The van der Waals surface area contributed by atoms with Gasteiger partial charge in [-0.05, 0) is 61.6 Å². The average Bonchev–Trinajstić information content (AvgIpc) is 2.76. The standard InChI is InChI=1S/C24H30N4O3.2ClH/c29-20-3-1-2-16(11-20)14-27-8-6-19(7-9-27)26-23(30)21-4-5-22-18-10-17(12-25-13-18)15-28(22)24(21)31;;/h1-5,11,17-19,25,29H,6-10,12-15H2,(H,26,30);2*1H/t17-,18+;;/m0../s1. The second-order valence-electron chi connectivity index (χ2n) is 9.24. The SMILES string of the molecule is Cl.Cl.O=C(NC1CCN(Cc2cccc(O)c2)CC1)c1ccc2n(c1=O)C[C@@H]1CNC[C@H]2C1. The van der Waals surface area contributed by atoms with Crippen molar-refractivity contribution in [1.82, 2.24) is 20.1 Å². The van der Waals surface area contributed by atoms with Crippen LogP contribution in [0.4, 0.5) is 0 Å². The van der Waals surface area contributed by atoms with Crippen molar-refractivity contribution in [2.75, 3.05) is 26.2 Å². The highest BCUT2D eigenvalue weighted by Crippen LogP contribution is 2.31. The Morgan fingerprint density at radius 2 is 1.91 bits per heavy atom. The van der Waals surface area contributed by atoms with Crippen LogP contribution in [-0.4, -0.2) is 52.7 Å². The number of fused-ring (bicyclic) bond motifs is 4. The molecule has 3 aliphatic rings. The van der Waals surface area contributed by atoms with Crippen LogP contribution in [0.1, 0.15) is 46.8 Å². The zero-order chi connectivity index (χ0) is 21.4. The van der Waals surface area contributed by atoms with Gasteiger partial charge in [-0.3, -0.25) is 14.5 Å². The number of nitrogens with zero attached hydrogens (tertiary/aromatic N) is 2. The fourth-order valence-electron chi connectivity index (χ4n) is 5.38. The maximum Gasteiger partial charge on any atom is 0.263 e.